The fourth-order valence-corrected chi connectivity index (χ4v) is 3.17. The van der Waals surface area contributed by atoms with Crippen molar-refractivity contribution in [2.24, 2.45) is 0 Å². The molecule has 1 N–H and O–H groups in total. The normalized spacial score (nSPS) is 27.0. The molecule has 0 radical (unpaired) electrons. The van der Waals surface area contributed by atoms with E-state index in [1.807, 2.05) is 0 Å². The molecule has 80 valence electrons. The van der Waals surface area contributed by atoms with Gasteiger partial charge in [-0.2, -0.15) is 0 Å². The second kappa shape index (κ2) is 3.01. The summed E-state index contributed by atoms with van der Waals surface area (Å²) in [5.41, 5.74) is 5.08. The molecule has 3 nitrogen and oxygen atoms in total. The molecule has 2 atom stereocenters. The summed E-state index contributed by atoms with van der Waals surface area (Å²) in [6.45, 7) is 2.24. The first-order valence-electron chi connectivity index (χ1n) is 5.87. The van der Waals surface area contributed by atoms with Gasteiger partial charge in [-0.05, 0) is 41.5 Å². The van der Waals surface area contributed by atoms with Gasteiger partial charge in [-0.15, -0.1) is 0 Å². The maximum Gasteiger partial charge on any atom is 0.0889 e. The van der Waals surface area contributed by atoms with Gasteiger partial charge in [-0.3, -0.25) is 9.97 Å². The van der Waals surface area contributed by atoms with Gasteiger partial charge >= 0.3 is 0 Å². The molecule has 2 aliphatic rings. The van der Waals surface area contributed by atoms with Crippen molar-refractivity contribution in [3.05, 3.63) is 35.7 Å². The van der Waals surface area contributed by atoms with Crippen LogP contribution in [0.3, 0.4) is 0 Å². The Morgan fingerprint density at radius 3 is 2.06 bits per heavy atom. The highest BCUT2D eigenvalue weighted by atomic mass is 15.6. The summed E-state index contributed by atoms with van der Waals surface area (Å²) < 4.78 is 0. The molecule has 2 bridgehead atoms. The molecule has 0 amide bonds. The topological polar surface area (TPSA) is 37.8 Å². The zero-order chi connectivity index (χ0) is 10.5. The smallest absolute Gasteiger partial charge is 0.0889 e. The summed E-state index contributed by atoms with van der Waals surface area (Å²) in [6, 6.07) is 4.49. The van der Waals surface area contributed by atoms with Gasteiger partial charge in [0.1, 0.15) is 0 Å². The largest absolute Gasteiger partial charge is 0.316 e. The van der Waals surface area contributed by atoms with Crippen LogP contribution in [0.25, 0.3) is 11.0 Å². The molecular weight excluding hydrogens is 202 g/mol. The van der Waals surface area contributed by atoms with Crippen LogP contribution in [0.15, 0.2) is 24.5 Å². The number of hydrogen-bond donors (Lipinski definition) is 1. The van der Waals surface area contributed by atoms with Crippen molar-refractivity contribution in [3.8, 4) is 0 Å². The zero-order valence-electron chi connectivity index (χ0n) is 8.98. The molecule has 1 fully saturated rings. The van der Waals surface area contributed by atoms with Gasteiger partial charge in [0.15, 0.2) is 0 Å². The first kappa shape index (κ1) is 8.65. The maximum atomic E-state index is 4.39. The van der Waals surface area contributed by atoms with Crippen molar-refractivity contribution in [1.29, 1.82) is 0 Å². The number of nitrogens with one attached hydrogen (secondary N) is 1. The minimum absolute atomic E-state index is 0.695. The van der Waals surface area contributed by atoms with Crippen LogP contribution in [0.2, 0.25) is 0 Å². The average molecular weight is 215 g/mol. The lowest BCUT2D eigenvalue weighted by atomic mass is 9.98. The molecule has 1 aliphatic heterocycles. The van der Waals surface area contributed by atoms with Crippen molar-refractivity contribution < 1.29 is 0 Å². The number of piperidine rings is 1. The SMILES string of the molecule is c1c2c(cc3[15n][13cH][13cH][15n]c13)C1CNCC2C1. The monoisotopic (exact) mass is 215 g/mol. The molecule has 2 unspecified atom stereocenters. The van der Waals surface area contributed by atoms with E-state index in [1.165, 1.54) is 17.5 Å². The third kappa shape index (κ3) is 1.06. The first-order valence-corrected chi connectivity index (χ1v) is 5.87. The lowest BCUT2D eigenvalue weighted by Crippen LogP contribution is -2.28. The predicted octanol–water partition coefficient (Wildman–Crippen LogP) is 1.80. The van der Waals surface area contributed by atoms with E-state index in [1.54, 1.807) is 12.4 Å². The molecule has 0 saturated carbocycles. The van der Waals surface area contributed by atoms with Gasteiger partial charge in [-0.1, -0.05) is 0 Å². The first-order chi connectivity index (χ1) is 7.92. The number of nitrogens with zero attached hydrogens (tertiary/aromatic N) is 2. The molecule has 0 spiro atoms. The van der Waals surface area contributed by atoms with E-state index in [0.717, 1.165) is 24.1 Å². The summed E-state index contributed by atoms with van der Waals surface area (Å²) in [6.07, 6.45) is 4.85. The molecule has 3 heteroatoms. The van der Waals surface area contributed by atoms with Gasteiger partial charge in [0, 0.05) is 25.5 Å². The minimum Gasteiger partial charge on any atom is -0.316 e. The van der Waals surface area contributed by atoms with E-state index in [4.69, 9.17) is 0 Å². The van der Waals surface area contributed by atoms with Gasteiger partial charge < -0.3 is 5.32 Å². The molecule has 1 aliphatic carbocycles. The third-order valence-electron chi connectivity index (χ3n) is 3.90. The summed E-state index contributed by atoms with van der Waals surface area (Å²) in [5.74, 6) is 1.39. The Hall–Kier alpha value is -1.48. The van der Waals surface area contributed by atoms with E-state index in [0.29, 0.717) is 11.8 Å². The number of benzene rings is 1. The zero-order valence-corrected chi connectivity index (χ0v) is 8.98. The van der Waals surface area contributed by atoms with Crippen LogP contribution >= 0.6 is 0 Å². The van der Waals surface area contributed by atoms with Crippen LogP contribution < -0.4 is 5.32 Å². The van der Waals surface area contributed by atoms with Crippen molar-refractivity contribution in [1.82, 2.24) is 15.3 Å². The van der Waals surface area contributed by atoms with Crippen molar-refractivity contribution in [3.63, 3.8) is 0 Å². The Morgan fingerprint density at radius 1 is 0.938 bits per heavy atom. The minimum atomic E-state index is 0.695. The van der Waals surface area contributed by atoms with Gasteiger partial charge in [0.05, 0.1) is 11.0 Å². The molecule has 1 saturated heterocycles. The predicted molar refractivity (Wildman–Crippen MR) is 62.5 cm³/mol. The molecule has 1 aromatic heterocycles. The average Bonchev–Trinajstić information content (AvgIpc) is 2.59. The fourth-order valence-electron chi connectivity index (χ4n) is 3.17. The lowest BCUT2D eigenvalue weighted by molar-refractivity contribution is 0.454. The van der Waals surface area contributed by atoms with E-state index in [2.05, 4.69) is 27.4 Å². The van der Waals surface area contributed by atoms with E-state index in [-0.39, 0.29) is 0 Å². The maximum absolute atomic E-state index is 4.39. The molecular formula is C13H13N3. The van der Waals surface area contributed by atoms with Gasteiger partial charge in [0.25, 0.3) is 0 Å². The quantitative estimate of drug-likeness (QED) is 0.728. The van der Waals surface area contributed by atoms with Crippen molar-refractivity contribution in [2.45, 2.75) is 18.3 Å². The van der Waals surface area contributed by atoms with Crippen LogP contribution in [0.1, 0.15) is 29.4 Å². The fraction of sp³-hybridized carbons (Fsp3) is 0.385. The van der Waals surface area contributed by atoms with Crippen LogP contribution in [0, 0.1) is 0 Å². The summed E-state index contributed by atoms with van der Waals surface area (Å²) >= 11 is 0. The lowest BCUT2D eigenvalue weighted by Gasteiger charge is -2.19. The van der Waals surface area contributed by atoms with Crippen molar-refractivity contribution in [2.75, 3.05) is 13.1 Å². The summed E-state index contributed by atoms with van der Waals surface area (Å²) in [4.78, 5) is 8.78. The Labute approximate surface area is 93.9 Å². The van der Waals surface area contributed by atoms with E-state index >= 15 is 0 Å². The van der Waals surface area contributed by atoms with Gasteiger partial charge in [0.2, 0.25) is 0 Å². The third-order valence-corrected chi connectivity index (χ3v) is 3.90. The Kier molecular flexibility index (Phi) is 1.63. The Balaban J connectivity index is 2.01. The van der Waals surface area contributed by atoms with E-state index < -0.39 is 0 Å². The highest BCUT2D eigenvalue weighted by Gasteiger charge is 2.34. The second-order valence-corrected chi connectivity index (χ2v) is 4.81. The summed E-state index contributed by atoms with van der Waals surface area (Å²) in [5, 5.41) is 3.51. The Bertz CT molecular complexity index is 516. The van der Waals surface area contributed by atoms with Crippen LogP contribution in [-0.2, 0) is 0 Å². The van der Waals surface area contributed by atoms with Crippen LogP contribution in [-0.4, -0.2) is 23.1 Å². The number of fused-ring (bicyclic) bond motifs is 6. The highest BCUT2D eigenvalue weighted by Crippen LogP contribution is 2.44. The molecule has 4 rings (SSSR count). The van der Waals surface area contributed by atoms with Crippen LogP contribution in [0.5, 0.6) is 0 Å². The number of hydrogen-bond acceptors (Lipinski definition) is 3. The number of aromatic nitrogens is 2. The molecule has 2 heterocycles. The number of rotatable bonds is 0. The highest BCUT2D eigenvalue weighted by molar-refractivity contribution is 5.77. The standard InChI is InChI=1S/C13H13N3/c1-2-16-13-5-11-9-3-8(6-14-7-9)10(11)4-12(13)15-1/h1-2,4-5,8-9,14H,3,6-7H2/i1+1,2+1,15+1,16+1. The van der Waals surface area contributed by atoms with Crippen LogP contribution in [0.4, 0.5) is 0 Å². The molecule has 2 aromatic rings. The van der Waals surface area contributed by atoms with E-state index in [9.17, 15) is 0 Å². The van der Waals surface area contributed by atoms with Crippen molar-refractivity contribution >= 4 is 11.0 Å². The molecule has 16 heavy (non-hydrogen) atoms. The molecule has 1 aromatic carbocycles. The van der Waals surface area contributed by atoms with Gasteiger partial charge in [-0.25, -0.2) is 0 Å². The second-order valence-electron chi connectivity index (χ2n) is 4.81. The Morgan fingerprint density at radius 2 is 1.50 bits per heavy atom. The summed E-state index contributed by atoms with van der Waals surface area (Å²) in [7, 11) is 0.